The maximum absolute atomic E-state index is 12.0. The van der Waals surface area contributed by atoms with Crippen LogP contribution >= 0.6 is 11.3 Å². The van der Waals surface area contributed by atoms with E-state index in [-0.39, 0.29) is 17.5 Å². The summed E-state index contributed by atoms with van der Waals surface area (Å²) in [5.41, 5.74) is 7.69. The van der Waals surface area contributed by atoms with Crippen LogP contribution in [0.5, 0.6) is 0 Å². The minimum atomic E-state index is -0.602. The number of carbonyl (C=O) groups is 2. The van der Waals surface area contributed by atoms with Crippen molar-refractivity contribution in [3.05, 3.63) is 35.5 Å². The van der Waals surface area contributed by atoms with Crippen molar-refractivity contribution in [3.8, 4) is 17.5 Å². The Bertz CT molecular complexity index is 1150. The Kier molecular flexibility index (Phi) is 4.49. The van der Waals surface area contributed by atoms with Crippen LogP contribution in [-0.2, 0) is 4.79 Å². The van der Waals surface area contributed by atoms with Crippen LogP contribution in [0.2, 0.25) is 0 Å². The molecule has 28 heavy (non-hydrogen) atoms. The van der Waals surface area contributed by atoms with Crippen molar-refractivity contribution in [2.24, 2.45) is 11.7 Å². The lowest BCUT2D eigenvalue weighted by molar-refractivity contribution is -0.128. The summed E-state index contributed by atoms with van der Waals surface area (Å²) in [4.78, 5) is 30.0. The Hall–Kier alpha value is -3.38. The summed E-state index contributed by atoms with van der Waals surface area (Å²) in [6.07, 6.45) is 0.745. The van der Waals surface area contributed by atoms with Gasteiger partial charge in [-0.1, -0.05) is 29.2 Å². The number of amides is 2. The number of nitrogens with one attached hydrogen (secondary N) is 1. The highest BCUT2D eigenvalue weighted by atomic mass is 32.1. The molecule has 9 heteroatoms. The van der Waals surface area contributed by atoms with Gasteiger partial charge in [0.25, 0.3) is 5.91 Å². The molecule has 3 aromatic rings. The minimum absolute atomic E-state index is 0.0607. The van der Waals surface area contributed by atoms with E-state index in [0.29, 0.717) is 21.2 Å². The predicted octanol–water partition coefficient (Wildman–Crippen LogP) is 1.45. The maximum Gasteiger partial charge on any atom is 0.270 e. The van der Waals surface area contributed by atoms with Crippen molar-refractivity contribution in [1.82, 2.24) is 19.7 Å². The monoisotopic (exact) mass is 394 g/mol. The zero-order valence-corrected chi connectivity index (χ0v) is 16.2. The molecular weight excluding hydrogens is 376 g/mol. The average Bonchev–Trinajstić information content (AvgIpc) is 3.34. The first-order valence-corrected chi connectivity index (χ1v) is 9.53. The summed E-state index contributed by atoms with van der Waals surface area (Å²) in [6, 6.07) is 7.43. The second-order valence-electron chi connectivity index (χ2n) is 6.47. The number of primary amides is 1. The van der Waals surface area contributed by atoms with Crippen molar-refractivity contribution in [1.29, 1.82) is 0 Å². The number of nitrogens with two attached hydrogens (primary N) is 1. The van der Waals surface area contributed by atoms with Gasteiger partial charge in [-0.3, -0.25) is 9.59 Å². The first-order chi connectivity index (χ1) is 13.5. The fourth-order valence-electron chi connectivity index (χ4n) is 3.09. The standard InChI is InChI=1S/C19H18N6O2S/c1-21-19-22-17-15(28-19)14(16(20)26)23-25(17)13-5-3-4-11(10-13)6-7-12-8-9-24(2)18(12)27/h3-5,10,12H,8-9H2,1-2H3,(H2,20,26)(H,21,22)/t12-/m1/s1. The van der Waals surface area contributed by atoms with Crippen molar-refractivity contribution in [3.63, 3.8) is 0 Å². The van der Waals surface area contributed by atoms with E-state index in [0.717, 1.165) is 18.5 Å². The number of benzene rings is 1. The summed E-state index contributed by atoms with van der Waals surface area (Å²) >= 11 is 1.32. The molecule has 1 aliphatic rings. The van der Waals surface area contributed by atoms with Gasteiger partial charge < -0.3 is 16.0 Å². The van der Waals surface area contributed by atoms with Crippen molar-refractivity contribution < 1.29 is 9.59 Å². The van der Waals surface area contributed by atoms with Gasteiger partial charge in [0.05, 0.1) is 5.69 Å². The zero-order chi connectivity index (χ0) is 19.8. The minimum Gasteiger partial charge on any atom is -0.365 e. The second-order valence-corrected chi connectivity index (χ2v) is 7.47. The summed E-state index contributed by atoms with van der Waals surface area (Å²) in [7, 11) is 3.55. The van der Waals surface area contributed by atoms with Crippen LogP contribution in [0.15, 0.2) is 24.3 Å². The van der Waals surface area contributed by atoms with E-state index in [9.17, 15) is 9.59 Å². The van der Waals surface area contributed by atoms with E-state index in [1.807, 2.05) is 24.3 Å². The number of aromatic nitrogens is 3. The van der Waals surface area contributed by atoms with Crippen molar-refractivity contribution in [2.45, 2.75) is 6.42 Å². The molecule has 3 heterocycles. The Balaban J connectivity index is 1.73. The van der Waals surface area contributed by atoms with Crippen LogP contribution in [0.25, 0.3) is 16.0 Å². The largest absolute Gasteiger partial charge is 0.365 e. The van der Waals surface area contributed by atoms with E-state index in [2.05, 4.69) is 27.2 Å². The lowest BCUT2D eigenvalue weighted by Crippen LogP contribution is -2.21. The number of likely N-dealkylation sites (tertiary alicyclic amines) is 1. The molecule has 1 saturated heterocycles. The van der Waals surface area contributed by atoms with Crippen LogP contribution in [0, 0.1) is 17.8 Å². The third-order valence-corrected chi connectivity index (χ3v) is 5.65. The SMILES string of the molecule is CNc1nc2c(s1)c(C(N)=O)nn2-c1cccc(C#C[C@@H]2CCN(C)C2=O)c1. The molecule has 142 valence electrons. The van der Waals surface area contributed by atoms with Gasteiger partial charge in [-0.05, 0) is 24.6 Å². The number of carbonyl (C=O) groups excluding carboxylic acids is 2. The molecule has 1 aromatic carbocycles. The van der Waals surface area contributed by atoms with Gasteiger partial charge in [0, 0.05) is 26.2 Å². The van der Waals surface area contributed by atoms with Crippen LogP contribution in [0.1, 0.15) is 22.5 Å². The Morgan fingerprint density at radius 2 is 2.25 bits per heavy atom. The zero-order valence-electron chi connectivity index (χ0n) is 15.4. The highest BCUT2D eigenvalue weighted by Gasteiger charge is 2.27. The molecule has 0 spiro atoms. The molecule has 3 N–H and O–H groups in total. The summed E-state index contributed by atoms with van der Waals surface area (Å²) in [6.45, 7) is 0.733. The number of fused-ring (bicyclic) bond motifs is 1. The molecule has 1 atom stereocenters. The van der Waals surface area contributed by atoms with E-state index in [1.54, 1.807) is 23.7 Å². The van der Waals surface area contributed by atoms with Gasteiger partial charge in [0.1, 0.15) is 10.6 Å². The molecule has 0 radical (unpaired) electrons. The Labute approximate surface area is 165 Å². The molecule has 0 saturated carbocycles. The van der Waals surface area contributed by atoms with E-state index < -0.39 is 5.91 Å². The quantitative estimate of drug-likeness (QED) is 0.654. The van der Waals surface area contributed by atoms with Gasteiger partial charge >= 0.3 is 0 Å². The van der Waals surface area contributed by atoms with Crippen LogP contribution in [-0.4, -0.2) is 52.1 Å². The normalized spacial score (nSPS) is 16.3. The molecule has 1 fully saturated rings. The van der Waals surface area contributed by atoms with Crippen LogP contribution < -0.4 is 11.1 Å². The molecular formula is C19H18N6O2S. The number of thiazole rings is 1. The van der Waals surface area contributed by atoms with Gasteiger partial charge in [-0.15, -0.1) is 0 Å². The second kappa shape index (κ2) is 6.98. The van der Waals surface area contributed by atoms with E-state index in [1.165, 1.54) is 11.3 Å². The lowest BCUT2D eigenvalue weighted by atomic mass is 10.1. The molecule has 2 aromatic heterocycles. The average molecular weight is 394 g/mol. The fraction of sp³-hybridized carbons (Fsp3) is 0.263. The molecule has 0 bridgehead atoms. The number of hydrogen-bond donors (Lipinski definition) is 2. The van der Waals surface area contributed by atoms with Crippen LogP contribution in [0.3, 0.4) is 0 Å². The molecule has 4 rings (SSSR count). The van der Waals surface area contributed by atoms with Gasteiger partial charge in [-0.25, -0.2) is 4.68 Å². The smallest absolute Gasteiger partial charge is 0.270 e. The molecule has 0 aliphatic carbocycles. The third kappa shape index (κ3) is 3.08. The molecule has 2 amide bonds. The topological polar surface area (TPSA) is 106 Å². The summed E-state index contributed by atoms with van der Waals surface area (Å²) < 4.78 is 2.22. The highest BCUT2D eigenvalue weighted by Crippen LogP contribution is 2.30. The Morgan fingerprint density at radius 1 is 1.43 bits per heavy atom. The molecule has 1 aliphatic heterocycles. The Morgan fingerprint density at radius 3 is 2.93 bits per heavy atom. The van der Waals surface area contributed by atoms with Gasteiger partial charge in [0.15, 0.2) is 16.5 Å². The first kappa shape index (κ1) is 18.0. The van der Waals surface area contributed by atoms with Crippen LogP contribution in [0.4, 0.5) is 5.13 Å². The van der Waals surface area contributed by atoms with Crippen molar-refractivity contribution >= 4 is 38.6 Å². The fourth-order valence-corrected chi connectivity index (χ4v) is 3.98. The number of nitrogens with zero attached hydrogens (tertiary/aromatic N) is 4. The summed E-state index contributed by atoms with van der Waals surface area (Å²) in [5, 5.41) is 7.99. The third-order valence-electron chi connectivity index (χ3n) is 4.58. The first-order valence-electron chi connectivity index (χ1n) is 8.72. The van der Waals surface area contributed by atoms with E-state index >= 15 is 0 Å². The van der Waals surface area contributed by atoms with Gasteiger partial charge in [0.2, 0.25) is 5.91 Å². The number of rotatable bonds is 3. The lowest BCUT2D eigenvalue weighted by Gasteiger charge is -2.05. The molecule has 8 nitrogen and oxygen atoms in total. The highest BCUT2D eigenvalue weighted by molar-refractivity contribution is 7.22. The molecule has 0 unspecified atom stereocenters. The number of hydrogen-bond acceptors (Lipinski definition) is 6. The maximum atomic E-state index is 12.0. The van der Waals surface area contributed by atoms with Crippen molar-refractivity contribution in [2.75, 3.05) is 26.0 Å². The van der Waals surface area contributed by atoms with Gasteiger partial charge in [-0.2, -0.15) is 10.1 Å². The number of anilines is 1. The van der Waals surface area contributed by atoms with E-state index in [4.69, 9.17) is 5.73 Å². The summed E-state index contributed by atoms with van der Waals surface area (Å²) in [5.74, 6) is 5.34. The predicted molar refractivity (Wildman–Crippen MR) is 107 cm³/mol.